The van der Waals surface area contributed by atoms with E-state index in [1.54, 1.807) is 18.2 Å². The SMILES string of the molecule is COc1ccc(OC)c2c1CN(C(=O)Nc1cccc([N+](=O)[O-])c1)C[C@H]2O. The first-order valence-corrected chi connectivity index (χ1v) is 8.16. The zero-order valence-corrected chi connectivity index (χ0v) is 14.8. The first-order valence-electron chi connectivity index (χ1n) is 8.16. The standard InChI is InChI=1S/C18H19N3O6/c1-26-15-6-7-16(27-2)17-13(15)9-20(10-14(17)22)18(23)19-11-4-3-5-12(8-11)21(24)25/h3-8,14,22H,9-10H2,1-2H3,(H,19,23)/t14-/m1/s1. The molecule has 27 heavy (non-hydrogen) atoms. The van der Waals surface area contributed by atoms with Crippen LogP contribution in [0.1, 0.15) is 17.2 Å². The smallest absolute Gasteiger partial charge is 0.322 e. The predicted molar refractivity (Wildman–Crippen MR) is 97.0 cm³/mol. The Morgan fingerprint density at radius 3 is 2.63 bits per heavy atom. The third-order valence-corrected chi connectivity index (χ3v) is 4.38. The van der Waals surface area contributed by atoms with Gasteiger partial charge in [-0.3, -0.25) is 10.1 Å². The van der Waals surface area contributed by atoms with Crippen LogP contribution >= 0.6 is 0 Å². The van der Waals surface area contributed by atoms with E-state index in [0.29, 0.717) is 28.3 Å². The molecule has 142 valence electrons. The zero-order chi connectivity index (χ0) is 19.6. The number of fused-ring (bicyclic) bond motifs is 1. The largest absolute Gasteiger partial charge is 0.496 e. The molecule has 3 rings (SSSR count). The molecule has 1 atom stereocenters. The number of rotatable bonds is 4. The minimum atomic E-state index is -0.949. The van der Waals surface area contributed by atoms with Crippen molar-refractivity contribution in [1.29, 1.82) is 0 Å². The highest BCUT2D eigenvalue weighted by molar-refractivity contribution is 5.90. The lowest BCUT2D eigenvalue weighted by molar-refractivity contribution is -0.384. The fourth-order valence-electron chi connectivity index (χ4n) is 3.13. The van der Waals surface area contributed by atoms with Gasteiger partial charge in [0.15, 0.2) is 0 Å². The summed E-state index contributed by atoms with van der Waals surface area (Å²) < 4.78 is 10.7. The van der Waals surface area contributed by atoms with Gasteiger partial charge in [-0.2, -0.15) is 0 Å². The molecule has 0 aromatic heterocycles. The number of carbonyl (C=O) groups is 1. The third-order valence-electron chi connectivity index (χ3n) is 4.38. The molecule has 9 nitrogen and oxygen atoms in total. The molecule has 1 heterocycles. The average Bonchev–Trinajstić information content (AvgIpc) is 2.67. The molecule has 0 spiro atoms. The number of aliphatic hydroxyl groups excluding tert-OH is 1. The molecule has 2 aromatic carbocycles. The number of anilines is 1. The van der Waals surface area contributed by atoms with E-state index in [4.69, 9.17) is 9.47 Å². The van der Waals surface area contributed by atoms with E-state index in [2.05, 4.69) is 5.32 Å². The van der Waals surface area contributed by atoms with Gasteiger partial charge in [-0.05, 0) is 18.2 Å². The molecule has 0 fully saturated rings. The Morgan fingerprint density at radius 2 is 1.96 bits per heavy atom. The minimum Gasteiger partial charge on any atom is -0.496 e. The lowest BCUT2D eigenvalue weighted by Gasteiger charge is -2.34. The van der Waals surface area contributed by atoms with Gasteiger partial charge in [-0.15, -0.1) is 0 Å². The Morgan fingerprint density at radius 1 is 1.26 bits per heavy atom. The van der Waals surface area contributed by atoms with Crippen LogP contribution in [0.25, 0.3) is 0 Å². The Balaban J connectivity index is 1.85. The number of urea groups is 1. The van der Waals surface area contributed by atoms with Gasteiger partial charge in [0, 0.05) is 28.9 Å². The van der Waals surface area contributed by atoms with Crippen molar-refractivity contribution < 1.29 is 24.3 Å². The molecule has 0 radical (unpaired) electrons. The van der Waals surface area contributed by atoms with E-state index in [1.165, 1.54) is 37.3 Å². The summed E-state index contributed by atoms with van der Waals surface area (Å²) in [5.74, 6) is 1.06. The van der Waals surface area contributed by atoms with E-state index in [9.17, 15) is 20.0 Å². The topological polar surface area (TPSA) is 114 Å². The molecule has 1 aliphatic rings. The Labute approximate surface area is 155 Å². The number of aliphatic hydroxyl groups is 1. The van der Waals surface area contributed by atoms with Crippen molar-refractivity contribution in [3.05, 3.63) is 57.6 Å². The lowest BCUT2D eigenvalue weighted by atomic mass is 9.95. The van der Waals surface area contributed by atoms with Crippen molar-refractivity contribution in [2.24, 2.45) is 0 Å². The number of amides is 2. The summed E-state index contributed by atoms with van der Waals surface area (Å²) in [7, 11) is 3.02. The third kappa shape index (κ3) is 3.63. The van der Waals surface area contributed by atoms with E-state index < -0.39 is 17.1 Å². The predicted octanol–water partition coefficient (Wildman–Crippen LogP) is 2.69. The van der Waals surface area contributed by atoms with Crippen molar-refractivity contribution in [2.45, 2.75) is 12.6 Å². The van der Waals surface area contributed by atoms with E-state index in [0.717, 1.165) is 0 Å². The molecule has 2 amide bonds. The highest BCUT2D eigenvalue weighted by Gasteiger charge is 2.32. The van der Waals surface area contributed by atoms with Crippen LogP contribution in [-0.2, 0) is 6.54 Å². The number of ether oxygens (including phenoxy) is 2. The molecule has 9 heteroatoms. The van der Waals surface area contributed by atoms with E-state index >= 15 is 0 Å². The number of β-amino-alcohol motifs (C(OH)–C–C–N with tert-alkyl or cyclic N) is 1. The van der Waals surface area contributed by atoms with Crippen LogP contribution in [0.5, 0.6) is 11.5 Å². The number of non-ortho nitro benzene ring substituents is 1. The molecular weight excluding hydrogens is 354 g/mol. The highest BCUT2D eigenvalue weighted by atomic mass is 16.6. The number of hydrogen-bond acceptors (Lipinski definition) is 6. The normalized spacial score (nSPS) is 15.7. The second-order valence-corrected chi connectivity index (χ2v) is 6.00. The zero-order valence-electron chi connectivity index (χ0n) is 14.8. The van der Waals surface area contributed by atoms with Crippen LogP contribution in [0, 0.1) is 10.1 Å². The van der Waals surface area contributed by atoms with Gasteiger partial charge < -0.3 is 24.8 Å². The summed E-state index contributed by atoms with van der Waals surface area (Å²) >= 11 is 0. The van der Waals surface area contributed by atoms with Crippen molar-refractivity contribution in [1.82, 2.24) is 4.90 Å². The summed E-state index contributed by atoms with van der Waals surface area (Å²) in [4.78, 5) is 24.4. The van der Waals surface area contributed by atoms with Crippen LogP contribution in [0.15, 0.2) is 36.4 Å². The number of hydrogen-bond donors (Lipinski definition) is 2. The summed E-state index contributed by atoms with van der Waals surface area (Å²) in [6.07, 6.45) is -0.949. The number of nitrogens with zero attached hydrogens (tertiary/aromatic N) is 2. The first kappa shape index (κ1) is 18.5. The van der Waals surface area contributed by atoms with Crippen LogP contribution in [0.4, 0.5) is 16.2 Å². The molecule has 0 saturated heterocycles. The summed E-state index contributed by atoms with van der Waals surface area (Å²) in [5, 5.41) is 24.0. The van der Waals surface area contributed by atoms with Crippen LogP contribution in [-0.4, -0.2) is 41.7 Å². The lowest BCUT2D eigenvalue weighted by Crippen LogP contribution is -2.41. The molecule has 2 N–H and O–H groups in total. The van der Waals surface area contributed by atoms with Gasteiger partial charge in [0.2, 0.25) is 0 Å². The Hall–Kier alpha value is -3.33. The van der Waals surface area contributed by atoms with Gasteiger partial charge >= 0.3 is 6.03 Å². The van der Waals surface area contributed by atoms with Crippen molar-refractivity contribution >= 4 is 17.4 Å². The Bertz CT molecular complexity index is 885. The summed E-state index contributed by atoms with van der Waals surface area (Å²) in [6.45, 7) is 0.255. The molecule has 2 aromatic rings. The van der Waals surface area contributed by atoms with E-state index in [1.807, 2.05) is 0 Å². The molecule has 0 saturated carbocycles. The molecule has 0 bridgehead atoms. The van der Waals surface area contributed by atoms with Crippen LogP contribution < -0.4 is 14.8 Å². The number of carbonyl (C=O) groups excluding carboxylic acids is 1. The number of methoxy groups -OCH3 is 2. The molecule has 0 aliphatic carbocycles. The van der Waals surface area contributed by atoms with Gasteiger partial charge in [0.1, 0.15) is 17.6 Å². The first-order chi connectivity index (χ1) is 12.9. The summed E-state index contributed by atoms with van der Waals surface area (Å²) in [6, 6.07) is 8.60. The van der Waals surface area contributed by atoms with Crippen LogP contribution in [0.2, 0.25) is 0 Å². The number of benzene rings is 2. The fraction of sp³-hybridized carbons (Fsp3) is 0.278. The monoisotopic (exact) mass is 373 g/mol. The second kappa shape index (κ2) is 7.50. The van der Waals surface area contributed by atoms with Gasteiger partial charge in [0.25, 0.3) is 5.69 Å². The minimum absolute atomic E-state index is 0.0529. The maximum Gasteiger partial charge on any atom is 0.322 e. The highest BCUT2D eigenvalue weighted by Crippen LogP contribution is 2.39. The van der Waals surface area contributed by atoms with Gasteiger partial charge in [-0.1, -0.05) is 6.07 Å². The number of nitro groups is 1. The Kier molecular flexibility index (Phi) is 5.13. The summed E-state index contributed by atoms with van der Waals surface area (Å²) in [5.41, 5.74) is 1.43. The van der Waals surface area contributed by atoms with Crippen molar-refractivity contribution in [3.63, 3.8) is 0 Å². The van der Waals surface area contributed by atoms with Gasteiger partial charge in [-0.25, -0.2) is 4.79 Å². The maximum atomic E-state index is 12.6. The van der Waals surface area contributed by atoms with Crippen molar-refractivity contribution in [3.8, 4) is 11.5 Å². The second-order valence-electron chi connectivity index (χ2n) is 6.00. The molecule has 0 unspecified atom stereocenters. The number of nitrogens with one attached hydrogen (secondary N) is 1. The molecule has 1 aliphatic heterocycles. The quantitative estimate of drug-likeness (QED) is 0.629. The van der Waals surface area contributed by atoms with E-state index in [-0.39, 0.29) is 18.8 Å². The average molecular weight is 373 g/mol. The molecular formula is C18H19N3O6. The van der Waals surface area contributed by atoms with Crippen molar-refractivity contribution in [2.75, 3.05) is 26.1 Å². The fourth-order valence-corrected chi connectivity index (χ4v) is 3.13. The maximum absolute atomic E-state index is 12.6. The number of nitro benzene ring substituents is 1. The van der Waals surface area contributed by atoms with Crippen LogP contribution in [0.3, 0.4) is 0 Å². The van der Waals surface area contributed by atoms with Gasteiger partial charge in [0.05, 0.1) is 32.2 Å².